The van der Waals surface area contributed by atoms with Gasteiger partial charge in [0, 0.05) is 57.4 Å². The summed E-state index contributed by atoms with van der Waals surface area (Å²) in [6.45, 7) is 2.08. The summed E-state index contributed by atoms with van der Waals surface area (Å²) in [6, 6.07) is 12.5. The normalized spacial score (nSPS) is 21.3. The number of nitrogens with zero attached hydrogens (tertiary/aromatic N) is 2. The van der Waals surface area contributed by atoms with Crippen LogP contribution in [0.15, 0.2) is 42.5 Å². The van der Waals surface area contributed by atoms with Crippen molar-refractivity contribution < 1.29 is 28.5 Å². The molecule has 0 unspecified atom stereocenters. The van der Waals surface area contributed by atoms with Gasteiger partial charge in [0.25, 0.3) is 0 Å². The third kappa shape index (κ3) is 5.50. The summed E-state index contributed by atoms with van der Waals surface area (Å²) >= 11 is 0. The van der Waals surface area contributed by atoms with Crippen LogP contribution in [-0.2, 0) is 9.53 Å². The van der Waals surface area contributed by atoms with E-state index in [2.05, 4.69) is 4.90 Å². The van der Waals surface area contributed by atoms with Crippen LogP contribution in [0.1, 0.15) is 25.7 Å². The molecule has 2 heterocycles. The molecule has 0 aromatic heterocycles. The fraction of sp³-hybridized carbons (Fsp3) is 0.480. The SMILES string of the molecule is COc1ccc(F)c(N2CCC(Oc3ccc(N4C[C@H](OC)C[C@@H]4CC(=O)O)cc3)CC2)c1. The lowest BCUT2D eigenvalue weighted by Gasteiger charge is -2.34. The zero-order valence-electron chi connectivity index (χ0n) is 19.1. The van der Waals surface area contributed by atoms with Gasteiger partial charge in [-0.2, -0.15) is 0 Å². The summed E-state index contributed by atoms with van der Waals surface area (Å²) in [5.74, 6) is 0.374. The number of methoxy groups -OCH3 is 2. The summed E-state index contributed by atoms with van der Waals surface area (Å²) in [5, 5.41) is 9.24. The number of halogens is 1. The first kappa shape index (κ1) is 23.2. The van der Waals surface area contributed by atoms with E-state index in [1.165, 1.54) is 6.07 Å². The highest BCUT2D eigenvalue weighted by Crippen LogP contribution is 2.32. The Balaban J connectivity index is 1.34. The molecule has 2 atom stereocenters. The second-order valence-corrected chi connectivity index (χ2v) is 8.61. The molecule has 0 aliphatic carbocycles. The van der Waals surface area contributed by atoms with Crippen LogP contribution in [0.25, 0.3) is 0 Å². The van der Waals surface area contributed by atoms with Gasteiger partial charge in [-0.25, -0.2) is 4.39 Å². The third-order valence-corrected chi connectivity index (χ3v) is 6.53. The van der Waals surface area contributed by atoms with Gasteiger partial charge in [0.05, 0.1) is 25.3 Å². The van der Waals surface area contributed by atoms with Gasteiger partial charge in [-0.05, 0) is 42.8 Å². The molecule has 2 saturated heterocycles. The number of hydrogen-bond acceptors (Lipinski definition) is 6. The number of rotatable bonds is 8. The van der Waals surface area contributed by atoms with Crippen molar-refractivity contribution in [2.45, 2.75) is 43.9 Å². The summed E-state index contributed by atoms with van der Waals surface area (Å²) in [4.78, 5) is 15.4. The summed E-state index contributed by atoms with van der Waals surface area (Å²) in [7, 11) is 3.24. The molecule has 0 spiro atoms. The molecule has 0 saturated carbocycles. The van der Waals surface area contributed by atoms with Gasteiger partial charge in [0.1, 0.15) is 23.4 Å². The maximum Gasteiger partial charge on any atom is 0.305 e. The van der Waals surface area contributed by atoms with Gasteiger partial charge in [0.15, 0.2) is 0 Å². The van der Waals surface area contributed by atoms with E-state index in [-0.39, 0.29) is 30.5 Å². The Hall–Kier alpha value is -3.00. The molecular weight excluding hydrogens is 427 g/mol. The number of benzene rings is 2. The minimum absolute atomic E-state index is 0.0323. The van der Waals surface area contributed by atoms with Crippen molar-refractivity contribution in [3.63, 3.8) is 0 Å². The fourth-order valence-electron chi connectivity index (χ4n) is 4.74. The number of carboxylic acid groups (broad SMARTS) is 1. The molecule has 4 rings (SSSR count). The maximum absolute atomic E-state index is 14.3. The Bertz CT molecular complexity index is 946. The van der Waals surface area contributed by atoms with Crippen LogP contribution in [-0.4, -0.2) is 63.2 Å². The highest BCUT2D eigenvalue weighted by atomic mass is 19.1. The molecule has 8 heteroatoms. The molecule has 0 amide bonds. The van der Waals surface area contributed by atoms with Crippen LogP contribution >= 0.6 is 0 Å². The Labute approximate surface area is 193 Å². The fourth-order valence-corrected chi connectivity index (χ4v) is 4.74. The van der Waals surface area contributed by atoms with Crippen LogP contribution in [0.5, 0.6) is 11.5 Å². The Kier molecular flexibility index (Phi) is 7.23. The summed E-state index contributed by atoms with van der Waals surface area (Å²) < 4.78 is 31.1. The molecule has 1 N–H and O–H groups in total. The van der Waals surface area contributed by atoms with Crippen molar-refractivity contribution in [1.82, 2.24) is 0 Å². The van der Waals surface area contributed by atoms with Gasteiger partial charge in [-0.1, -0.05) is 0 Å². The standard InChI is InChI=1S/C25H31FN2O5/c1-31-21-7-8-23(26)24(15-21)27-11-9-20(10-12-27)33-19-5-3-17(4-6-19)28-16-22(32-2)13-18(28)14-25(29)30/h3-8,15,18,20,22H,9-14,16H2,1-2H3,(H,29,30)/t18-,22-/m1/s1. The number of carbonyl (C=O) groups is 1. The van der Waals surface area contributed by atoms with Gasteiger partial charge in [0.2, 0.25) is 0 Å². The molecule has 178 valence electrons. The molecule has 2 aliphatic rings. The van der Waals surface area contributed by atoms with Crippen molar-refractivity contribution in [3.05, 3.63) is 48.3 Å². The quantitative estimate of drug-likeness (QED) is 0.642. The van der Waals surface area contributed by atoms with Crippen molar-refractivity contribution in [2.75, 3.05) is 43.7 Å². The van der Waals surface area contributed by atoms with Gasteiger partial charge in [-0.3, -0.25) is 4.79 Å². The lowest BCUT2D eigenvalue weighted by molar-refractivity contribution is -0.137. The van der Waals surface area contributed by atoms with E-state index in [0.29, 0.717) is 37.5 Å². The molecule has 0 bridgehead atoms. The van der Waals surface area contributed by atoms with Crippen LogP contribution < -0.4 is 19.3 Å². The Morgan fingerprint density at radius 2 is 1.76 bits per heavy atom. The molecule has 0 radical (unpaired) electrons. The number of carboxylic acids is 1. The zero-order valence-corrected chi connectivity index (χ0v) is 19.1. The van der Waals surface area contributed by atoms with Crippen molar-refractivity contribution >= 4 is 17.3 Å². The summed E-state index contributed by atoms with van der Waals surface area (Å²) in [5.41, 5.74) is 1.53. The van der Waals surface area contributed by atoms with Crippen molar-refractivity contribution in [1.29, 1.82) is 0 Å². The third-order valence-electron chi connectivity index (χ3n) is 6.53. The Morgan fingerprint density at radius 3 is 2.39 bits per heavy atom. The lowest BCUT2D eigenvalue weighted by Crippen LogP contribution is -2.38. The van der Waals surface area contributed by atoms with E-state index in [1.807, 2.05) is 29.2 Å². The number of ether oxygens (including phenoxy) is 3. The number of aliphatic carboxylic acids is 1. The molecule has 2 aromatic rings. The molecule has 33 heavy (non-hydrogen) atoms. The van der Waals surface area contributed by atoms with Crippen LogP contribution in [0.4, 0.5) is 15.8 Å². The maximum atomic E-state index is 14.3. The first-order chi connectivity index (χ1) is 16.0. The first-order valence-electron chi connectivity index (χ1n) is 11.3. The van der Waals surface area contributed by atoms with Crippen LogP contribution in [0.3, 0.4) is 0 Å². The number of hydrogen-bond donors (Lipinski definition) is 1. The Morgan fingerprint density at radius 1 is 1.06 bits per heavy atom. The van der Waals surface area contributed by atoms with E-state index in [1.54, 1.807) is 26.4 Å². The van der Waals surface area contributed by atoms with Crippen LogP contribution in [0, 0.1) is 5.82 Å². The predicted octanol–water partition coefficient (Wildman–Crippen LogP) is 3.95. The lowest BCUT2D eigenvalue weighted by atomic mass is 10.1. The van der Waals surface area contributed by atoms with Crippen molar-refractivity contribution in [3.8, 4) is 11.5 Å². The smallest absolute Gasteiger partial charge is 0.305 e. The zero-order chi connectivity index (χ0) is 23.4. The van der Waals surface area contributed by atoms with Crippen molar-refractivity contribution in [2.24, 2.45) is 0 Å². The topological polar surface area (TPSA) is 71.5 Å². The van der Waals surface area contributed by atoms with Gasteiger partial charge >= 0.3 is 5.97 Å². The van der Waals surface area contributed by atoms with E-state index < -0.39 is 5.97 Å². The second-order valence-electron chi connectivity index (χ2n) is 8.61. The van der Waals surface area contributed by atoms with E-state index in [9.17, 15) is 14.3 Å². The monoisotopic (exact) mass is 458 g/mol. The summed E-state index contributed by atoms with van der Waals surface area (Å²) in [6.07, 6.45) is 2.47. The number of piperidine rings is 1. The molecular formula is C25H31FN2O5. The predicted molar refractivity (Wildman–Crippen MR) is 124 cm³/mol. The highest BCUT2D eigenvalue weighted by Gasteiger charge is 2.33. The first-order valence-corrected chi connectivity index (χ1v) is 11.3. The minimum Gasteiger partial charge on any atom is -0.497 e. The van der Waals surface area contributed by atoms with Gasteiger partial charge < -0.3 is 29.1 Å². The molecule has 7 nitrogen and oxygen atoms in total. The number of anilines is 2. The average molecular weight is 459 g/mol. The minimum atomic E-state index is -0.804. The van der Waals surface area contributed by atoms with E-state index in [4.69, 9.17) is 14.2 Å². The van der Waals surface area contributed by atoms with E-state index >= 15 is 0 Å². The highest BCUT2D eigenvalue weighted by molar-refractivity contribution is 5.69. The van der Waals surface area contributed by atoms with Gasteiger partial charge in [-0.15, -0.1) is 0 Å². The largest absolute Gasteiger partial charge is 0.497 e. The van der Waals surface area contributed by atoms with E-state index in [0.717, 1.165) is 24.3 Å². The molecule has 2 fully saturated rings. The average Bonchev–Trinajstić information content (AvgIpc) is 3.23. The molecule has 2 aromatic carbocycles. The second kappa shape index (κ2) is 10.3. The molecule has 2 aliphatic heterocycles. The van der Waals surface area contributed by atoms with Crippen LogP contribution in [0.2, 0.25) is 0 Å².